The quantitative estimate of drug-likeness (QED) is 0.773. The van der Waals surface area contributed by atoms with E-state index in [4.69, 9.17) is 4.74 Å². The van der Waals surface area contributed by atoms with Gasteiger partial charge in [-0.2, -0.15) is 0 Å². The van der Waals surface area contributed by atoms with E-state index in [1.807, 2.05) is 23.5 Å². The van der Waals surface area contributed by atoms with Crippen molar-refractivity contribution >= 4 is 29.5 Å². The summed E-state index contributed by atoms with van der Waals surface area (Å²) >= 11 is 3.69. The summed E-state index contributed by atoms with van der Waals surface area (Å²) in [6.07, 6.45) is 0.498. The topological polar surface area (TPSA) is 26.3 Å². The van der Waals surface area contributed by atoms with Crippen LogP contribution in [0.15, 0.2) is 12.1 Å². The normalized spacial score (nSPS) is 15.9. The molecule has 0 amide bonds. The standard InChI is InChI=1S/C14H18O2S2/c1-9-4-11-7-17-14(6-13(15)16-3)18-8-12(11)5-10(9)2/h4-5,14H,6-8H2,1-3H3. The van der Waals surface area contributed by atoms with Gasteiger partial charge in [0.2, 0.25) is 0 Å². The largest absolute Gasteiger partial charge is 0.469 e. The van der Waals surface area contributed by atoms with Gasteiger partial charge in [-0.05, 0) is 36.1 Å². The molecule has 0 spiro atoms. The minimum absolute atomic E-state index is 0.113. The number of ether oxygens (including phenoxy) is 1. The van der Waals surface area contributed by atoms with E-state index in [0.717, 1.165) is 11.5 Å². The molecule has 1 heterocycles. The van der Waals surface area contributed by atoms with Crippen LogP contribution in [0.4, 0.5) is 0 Å². The van der Waals surface area contributed by atoms with Gasteiger partial charge in [-0.1, -0.05) is 12.1 Å². The third kappa shape index (κ3) is 3.23. The van der Waals surface area contributed by atoms with Crippen molar-refractivity contribution in [2.45, 2.75) is 36.4 Å². The van der Waals surface area contributed by atoms with E-state index in [0.29, 0.717) is 11.0 Å². The zero-order chi connectivity index (χ0) is 13.1. The van der Waals surface area contributed by atoms with Gasteiger partial charge < -0.3 is 4.74 Å². The third-order valence-corrected chi connectivity index (χ3v) is 6.08. The average Bonchev–Trinajstić information content (AvgIpc) is 2.53. The van der Waals surface area contributed by atoms with Gasteiger partial charge in [0, 0.05) is 11.5 Å². The second kappa shape index (κ2) is 6.02. The molecule has 0 N–H and O–H groups in total. The molecule has 0 unspecified atom stereocenters. The summed E-state index contributed by atoms with van der Waals surface area (Å²) in [4.78, 5) is 11.3. The number of hydrogen-bond donors (Lipinski definition) is 0. The van der Waals surface area contributed by atoms with Crippen molar-refractivity contribution in [2.24, 2.45) is 0 Å². The summed E-state index contributed by atoms with van der Waals surface area (Å²) in [5, 5.41) is 0. The van der Waals surface area contributed by atoms with Gasteiger partial charge in [0.05, 0.1) is 18.1 Å². The van der Waals surface area contributed by atoms with Gasteiger partial charge in [0.25, 0.3) is 0 Å². The minimum Gasteiger partial charge on any atom is -0.469 e. The number of carbonyl (C=O) groups is 1. The van der Waals surface area contributed by atoms with E-state index in [1.165, 1.54) is 29.4 Å². The van der Waals surface area contributed by atoms with Crippen LogP contribution in [0, 0.1) is 13.8 Å². The highest BCUT2D eigenvalue weighted by Gasteiger charge is 2.20. The molecule has 1 aliphatic rings. The third-order valence-electron chi connectivity index (χ3n) is 3.23. The summed E-state index contributed by atoms with van der Waals surface area (Å²) in [6, 6.07) is 4.58. The summed E-state index contributed by atoms with van der Waals surface area (Å²) in [7, 11) is 1.45. The fourth-order valence-corrected chi connectivity index (χ4v) is 4.52. The first-order valence-corrected chi connectivity index (χ1v) is 8.09. The number of esters is 1. The fourth-order valence-electron chi connectivity index (χ4n) is 1.96. The molecule has 0 aliphatic carbocycles. The first kappa shape index (κ1) is 13.8. The van der Waals surface area contributed by atoms with Crippen LogP contribution in [-0.2, 0) is 21.0 Å². The van der Waals surface area contributed by atoms with Crippen LogP contribution in [0.2, 0.25) is 0 Å². The van der Waals surface area contributed by atoms with E-state index in [9.17, 15) is 4.79 Å². The minimum atomic E-state index is -0.113. The van der Waals surface area contributed by atoms with Crippen molar-refractivity contribution < 1.29 is 9.53 Å². The number of rotatable bonds is 2. The molecule has 0 atom stereocenters. The summed E-state index contributed by atoms with van der Waals surface area (Å²) in [6.45, 7) is 4.31. The maximum Gasteiger partial charge on any atom is 0.307 e. The van der Waals surface area contributed by atoms with Crippen molar-refractivity contribution in [1.82, 2.24) is 0 Å². The zero-order valence-electron chi connectivity index (χ0n) is 11.0. The van der Waals surface area contributed by atoms with Crippen LogP contribution in [-0.4, -0.2) is 17.7 Å². The lowest BCUT2D eigenvalue weighted by Crippen LogP contribution is -2.08. The molecule has 0 saturated carbocycles. The molecular formula is C14H18O2S2. The van der Waals surface area contributed by atoms with E-state index >= 15 is 0 Å². The Bertz CT molecular complexity index is 424. The summed E-state index contributed by atoms with van der Waals surface area (Å²) in [5.74, 6) is 1.87. The second-order valence-corrected chi connectivity index (χ2v) is 7.22. The lowest BCUT2D eigenvalue weighted by atomic mass is 10.0. The Morgan fingerprint density at radius 3 is 2.17 bits per heavy atom. The van der Waals surface area contributed by atoms with Crippen molar-refractivity contribution in [3.63, 3.8) is 0 Å². The highest BCUT2D eigenvalue weighted by Crippen LogP contribution is 2.38. The molecule has 4 heteroatoms. The predicted octanol–water partition coefficient (Wildman–Crippen LogP) is 3.67. The molecule has 1 aliphatic heterocycles. The molecule has 98 valence electrons. The van der Waals surface area contributed by atoms with Gasteiger partial charge in [0.15, 0.2) is 0 Å². The monoisotopic (exact) mass is 282 g/mol. The SMILES string of the molecule is COC(=O)CC1SCc2cc(C)c(C)cc2CS1. The lowest BCUT2D eigenvalue weighted by molar-refractivity contribution is -0.140. The molecule has 1 aromatic carbocycles. The molecule has 0 saturated heterocycles. The van der Waals surface area contributed by atoms with Crippen molar-refractivity contribution in [3.8, 4) is 0 Å². The van der Waals surface area contributed by atoms with Gasteiger partial charge >= 0.3 is 5.97 Å². The van der Waals surface area contributed by atoms with Gasteiger partial charge in [-0.3, -0.25) is 4.79 Å². The smallest absolute Gasteiger partial charge is 0.307 e. The summed E-state index contributed by atoms with van der Waals surface area (Å²) in [5.41, 5.74) is 5.54. The number of fused-ring (bicyclic) bond motifs is 1. The maximum atomic E-state index is 11.3. The molecule has 0 fully saturated rings. The number of aryl methyl sites for hydroxylation is 2. The maximum absolute atomic E-state index is 11.3. The van der Waals surface area contributed by atoms with Crippen molar-refractivity contribution in [3.05, 3.63) is 34.4 Å². The van der Waals surface area contributed by atoms with Crippen LogP contribution in [0.1, 0.15) is 28.7 Å². The van der Waals surface area contributed by atoms with Gasteiger partial charge in [0.1, 0.15) is 0 Å². The van der Waals surface area contributed by atoms with Gasteiger partial charge in [-0.15, -0.1) is 23.5 Å². The summed E-state index contributed by atoms with van der Waals surface area (Å²) < 4.78 is 5.05. The van der Waals surface area contributed by atoms with E-state index < -0.39 is 0 Å². The van der Waals surface area contributed by atoms with Crippen LogP contribution in [0.3, 0.4) is 0 Å². The fraction of sp³-hybridized carbons (Fsp3) is 0.500. The van der Waals surface area contributed by atoms with Crippen LogP contribution < -0.4 is 0 Å². The van der Waals surface area contributed by atoms with Crippen molar-refractivity contribution in [1.29, 1.82) is 0 Å². The highest BCUT2D eigenvalue weighted by atomic mass is 32.2. The van der Waals surface area contributed by atoms with Crippen LogP contribution in [0.5, 0.6) is 0 Å². The number of methoxy groups -OCH3 is 1. The Morgan fingerprint density at radius 2 is 1.72 bits per heavy atom. The Morgan fingerprint density at radius 1 is 1.22 bits per heavy atom. The second-order valence-electron chi connectivity index (χ2n) is 4.54. The van der Waals surface area contributed by atoms with Crippen LogP contribution in [0.25, 0.3) is 0 Å². The predicted molar refractivity (Wildman–Crippen MR) is 78.9 cm³/mol. The molecule has 2 rings (SSSR count). The number of benzene rings is 1. The molecule has 0 aromatic heterocycles. The number of thioether (sulfide) groups is 2. The van der Waals surface area contributed by atoms with Crippen LogP contribution >= 0.6 is 23.5 Å². The van der Waals surface area contributed by atoms with Crippen molar-refractivity contribution in [2.75, 3.05) is 7.11 Å². The molecule has 0 radical (unpaired) electrons. The molecular weight excluding hydrogens is 264 g/mol. The van der Waals surface area contributed by atoms with E-state index in [-0.39, 0.29) is 5.97 Å². The van der Waals surface area contributed by atoms with E-state index in [2.05, 4.69) is 26.0 Å². The molecule has 2 nitrogen and oxygen atoms in total. The Labute approximate surface area is 117 Å². The van der Waals surface area contributed by atoms with E-state index in [1.54, 1.807) is 0 Å². The molecule has 0 bridgehead atoms. The number of carbonyl (C=O) groups excluding carboxylic acids is 1. The molecule has 1 aromatic rings. The average molecular weight is 282 g/mol. The van der Waals surface area contributed by atoms with Gasteiger partial charge in [-0.25, -0.2) is 0 Å². The Kier molecular flexibility index (Phi) is 4.62. The highest BCUT2D eigenvalue weighted by molar-refractivity contribution is 8.16. The Hall–Kier alpha value is -0.610. The first-order chi connectivity index (χ1) is 8.60. The lowest BCUT2D eigenvalue weighted by Gasteiger charge is -2.10. The Balaban J connectivity index is 2.09. The first-order valence-electron chi connectivity index (χ1n) is 5.99. The molecule has 18 heavy (non-hydrogen) atoms. The zero-order valence-corrected chi connectivity index (χ0v) is 12.6. The number of hydrogen-bond acceptors (Lipinski definition) is 4.